The van der Waals surface area contributed by atoms with E-state index in [0.29, 0.717) is 38.1 Å². The standard InChI is InChI=1S/C20H18F3N3O4/c21-10-6-14(22)12(15(23)7-10)8-24-19(29)13-9-26-11-2-1-4-25(5-3-11)20(30)16(26)18(28)17(13)27/h6-7,9,11,28H,1-5,8H2,(H,24,29). The van der Waals surface area contributed by atoms with Crippen LogP contribution in [0.15, 0.2) is 23.1 Å². The van der Waals surface area contributed by atoms with Crippen LogP contribution in [0.4, 0.5) is 13.2 Å². The van der Waals surface area contributed by atoms with E-state index in [-0.39, 0.29) is 11.7 Å². The monoisotopic (exact) mass is 421 g/mol. The lowest BCUT2D eigenvalue weighted by atomic mass is 10.1. The number of aromatic hydroxyl groups is 1. The molecule has 1 aromatic heterocycles. The Balaban J connectivity index is 1.68. The molecule has 2 bridgehead atoms. The van der Waals surface area contributed by atoms with Crippen LogP contribution in [-0.4, -0.2) is 39.5 Å². The molecule has 30 heavy (non-hydrogen) atoms. The average Bonchev–Trinajstić information content (AvgIpc) is 3.00. The molecule has 1 aromatic carbocycles. The molecule has 7 nitrogen and oxygen atoms in total. The Morgan fingerprint density at radius 2 is 1.83 bits per heavy atom. The molecule has 158 valence electrons. The summed E-state index contributed by atoms with van der Waals surface area (Å²) in [5, 5.41) is 12.6. The highest BCUT2D eigenvalue weighted by molar-refractivity contribution is 5.98. The third-order valence-corrected chi connectivity index (χ3v) is 5.57. The van der Waals surface area contributed by atoms with E-state index in [1.54, 1.807) is 4.90 Å². The molecule has 10 heteroatoms. The molecule has 2 N–H and O–H groups in total. The molecule has 1 fully saturated rings. The van der Waals surface area contributed by atoms with Crippen LogP contribution in [0.3, 0.4) is 0 Å². The highest BCUT2D eigenvalue weighted by atomic mass is 19.1. The van der Waals surface area contributed by atoms with E-state index in [1.807, 2.05) is 0 Å². The van der Waals surface area contributed by atoms with Gasteiger partial charge < -0.3 is 19.9 Å². The number of hydrogen-bond donors (Lipinski definition) is 2. The zero-order valence-corrected chi connectivity index (χ0v) is 15.8. The number of hydrogen-bond acceptors (Lipinski definition) is 4. The quantitative estimate of drug-likeness (QED) is 0.794. The number of carbonyl (C=O) groups is 2. The van der Waals surface area contributed by atoms with Crippen molar-refractivity contribution in [2.45, 2.75) is 31.8 Å². The molecule has 2 aliphatic heterocycles. The molecule has 1 atom stereocenters. The van der Waals surface area contributed by atoms with Gasteiger partial charge in [-0.1, -0.05) is 0 Å². The highest BCUT2D eigenvalue weighted by Gasteiger charge is 2.34. The van der Waals surface area contributed by atoms with Gasteiger partial charge in [0, 0.05) is 49.6 Å². The molecule has 0 radical (unpaired) electrons. The second-order valence-corrected chi connectivity index (χ2v) is 7.38. The number of rotatable bonds is 3. The fraction of sp³-hybridized carbons (Fsp3) is 0.350. The maximum atomic E-state index is 13.8. The third-order valence-electron chi connectivity index (χ3n) is 5.57. The molecule has 2 aromatic rings. The zero-order valence-electron chi connectivity index (χ0n) is 15.8. The summed E-state index contributed by atoms with van der Waals surface area (Å²) in [6, 6.07) is 0.781. The Hall–Kier alpha value is -3.30. The van der Waals surface area contributed by atoms with Gasteiger partial charge in [0.2, 0.25) is 5.43 Å². The Morgan fingerprint density at radius 1 is 1.13 bits per heavy atom. The summed E-state index contributed by atoms with van der Waals surface area (Å²) < 4.78 is 42.0. The van der Waals surface area contributed by atoms with E-state index in [2.05, 4.69) is 5.32 Å². The van der Waals surface area contributed by atoms with Gasteiger partial charge in [0.05, 0.1) is 0 Å². The van der Waals surface area contributed by atoms with Gasteiger partial charge in [0.1, 0.15) is 23.0 Å². The second kappa shape index (κ2) is 7.51. The number of nitrogens with one attached hydrogen (secondary N) is 1. The third kappa shape index (κ3) is 3.31. The van der Waals surface area contributed by atoms with E-state index < -0.39 is 58.1 Å². The van der Waals surface area contributed by atoms with Crippen LogP contribution >= 0.6 is 0 Å². The predicted molar refractivity (Wildman–Crippen MR) is 98.6 cm³/mol. The smallest absolute Gasteiger partial charge is 0.274 e. The van der Waals surface area contributed by atoms with Crippen LogP contribution in [0, 0.1) is 17.5 Å². The Morgan fingerprint density at radius 3 is 2.53 bits per heavy atom. The lowest BCUT2D eigenvalue weighted by Crippen LogP contribution is -2.36. The molecule has 1 saturated heterocycles. The van der Waals surface area contributed by atoms with Crippen molar-refractivity contribution in [1.82, 2.24) is 14.8 Å². The Kier molecular flexibility index (Phi) is 5.00. The molecule has 2 aliphatic rings. The molecule has 0 saturated carbocycles. The van der Waals surface area contributed by atoms with E-state index in [0.717, 1.165) is 6.42 Å². The van der Waals surface area contributed by atoms with Crippen LogP contribution in [0.1, 0.15) is 51.7 Å². The number of nitrogens with zero attached hydrogens (tertiary/aromatic N) is 2. The second-order valence-electron chi connectivity index (χ2n) is 7.38. The summed E-state index contributed by atoms with van der Waals surface area (Å²) in [5.41, 5.74) is -2.23. The lowest BCUT2D eigenvalue weighted by Gasteiger charge is -2.24. The molecule has 4 rings (SSSR count). The van der Waals surface area contributed by atoms with Gasteiger partial charge in [-0.25, -0.2) is 13.2 Å². The topological polar surface area (TPSA) is 91.6 Å². The first-order valence-electron chi connectivity index (χ1n) is 9.47. The van der Waals surface area contributed by atoms with Gasteiger partial charge in [-0.3, -0.25) is 14.4 Å². The van der Waals surface area contributed by atoms with Crippen molar-refractivity contribution in [3.05, 3.63) is 62.8 Å². The largest absolute Gasteiger partial charge is 0.503 e. The summed E-state index contributed by atoms with van der Waals surface area (Å²) in [6.07, 6.45) is 3.26. The van der Waals surface area contributed by atoms with Crippen molar-refractivity contribution in [3.8, 4) is 5.75 Å². The number of aromatic nitrogens is 1. The minimum atomic E-state index is -1.18. The maximum absolute atomic E-state index is 13.8. The number of benzene rings is 1. The van der Waals surface area contributed by atoms with E-state index in [1.165, 1.54) is 10.8 Å². The zero-order chi connectivity index (χ0) is 21.6. The normalized spacial score (nSPS) is 18.0. The number of amides is 2. The predicted octanol–water partition coefficient (Wildman–Crippen LogP) is 2.08. The van der Waals surface area contributed by atoms with Gasteiger partial charge in [-0.15, -0.1) is 0 Å². The van der Waals surface area contributed by atoms with E-state index in [9.17, 15) is 32.7 Å². The maximum Gasteiger partial charge on any atom is 0.274 e. The number of carbonyl (C=O) groups excluding carboxylic acids is 2. The fourth-order valence-corrected chi connectivity index (χ4v) is 4.00. The van der Waals surface area contributed by atoms with Crippen molar-refractivity contribution < 1.29 is 27.9 Å². The summed E-state index contributed by atoms with van der Waals surface area (Å²) in [6.45, 7) is 0.373. The van der Waals surface area contributed by atoms with Crippen molar-refractivity contribution in [1.29, 1.82) is 0 Å². The molecule has 0 spiro atoms. The van der Waals surface area contributed by atoms with Gasteiger partial charge in [0.25, 0.3) is 11.8 Å². The van der Waals surface area contributed by atoms with Gasteiger partial charge in [-0.2, -0.15) is 0 Å². The first-order chi connectivity index (χ1) is 14.3. The summed E-state index contributed by atoms with van der Waals surface area (Å²) in [7, 11) is 0. The molecule has 1 unspecified atom stereocenters. The first kappa shape index (κ1) is 20.0. The number of fused-ring (bicyclic) bond motifs is 5. The molecule has 0 aliphatic carbocycles. The SMILES string of the molecule is O=C(NCc1c(F)cc(F)cc1F)c1cn2c(c(O)c1=O)C(=O)N1CCCC2CC1. The summed E-state index contributed by atoms with van der Waals surface area (Å²) in [5.74, 6) is -5.73. The lowest BCUT2D eigenvalue weighted by molar-refractivity contribution is 0.0752. The van der Waals surface area contributed by atoms with Crippen LogP contribution in [0.25, 0.3) is 0 Å². The minimum Gasteiger partial charge on any atom is -0.503 e. The average molecular weight is 421 g/mol. The molecular formula is C20H18F3N3O4. The Labute approximate surface area is 168 Å². The highest BCUT2D eigenvalue weighted by Crippen LogP contribution is 2.32. The number of pyridine rings is 1. The Bertz CT molecular complexity index is 1090. The van der Waals surface area contributed by atoms with E-state index >= 15 is 0 Å². The number of halogens is 3. The fourth-order valence-electron chi connectivity index (χ4n) is 4.00. The molecule has 2 amide bonds. The van der Waals surface area contributed by atoms with Crippen molar-refractivity contribution in [2.75, 3.05) is 13.1 Å². The minimum absolute atomic E-state index is 0.158. The van der Waals surface area contributed by atoms with Crippen LogP contribution in [0.5, 0.6) is 5.75 Å². The molecular weight excluding hydrogens is 403 g/mol. The van der Waals surface area contributed by atoms with Crippen molar-refractivity contribution >= 4 is 11.8 Å². The first-order valence-corrected chi connectivity index (χ1v) is 9.47. The van der Waals surface area contributed by atoms with Gasteiger partial charge in [-0.05, 0) is 19.3 Å². The van der Waals surface area contributed by atoms with E-state index in [4.69, 9.17) is 0 Å². The van der Waals surface area contributed by atoms with Gasteiger partial charge >= 0.3 is 0 Å². The van der Waals surface area contributed by atoms with Crippen molar-refractivity contribution in [2.24, 2.45) is 0 Å². The van der Waals surface area contributed by atoms with Crippen LogP contribution in [-0.2, 0) is 6.54 Å². The van der Waals surface area contributed by atoms with Crippen LogP contribution in [0.2, 0.25) is 0 Å². The molecule has 3 heterocycles. The van der Waals surface area contributed by atoms with Crippen molar-refractivity contribution in [3.63, 3.8) is 0 Å². The van der Waals surface area contributed by atoms with Gasteiger partial charge in [0.15, 0.2) is 11.4 Å². The van der Waals surface area contributed by atoms with Crippen LogP contribution < -0.4 is 10.7 Å². The summed E-state index contributed by atoms with van der Waals surface area (Å²) in [4.78, 5) is 39.4. The summed E-state index contributed by atoms with van der Waals surface area (Å²) >= 11 is 0.